The SMILES string of the molecule is Nc1cc2c(cc1C(=O)CNC(=O)C(F)(F)F)OCO2. The molecule has 1 aliphatic rings. The normalized spacial score (nSPS) is 13.2. The van der Waals surface area contributed by atoms with Crippen molar-refractivity contribution >= 4 is 17.4 Å². The predicted molar refractivity (Wildman–Crippen MR) is 60.4 cm³/mol. The van der Waals surface area contributed by atoms with Gasteiger partial charge in [0.25, 0.3) is 0 Å². The molecule has 0 atom stereocenters. The number of rotatable bonds is 3. The molecule has 0 saturated heterocycles. The summed E-state index contributed by atoms with van der Waals surface area (Å²) in [5.41, 5.74) is 5.58. The Hall–Kier alpha value is -2.45. The largest absolute Gasteiger partial charge is 0.471 e. The molecule has 0 fully saturated rings. The van der Waals surface area contributed by atoms with Crippen LogP contribution in [-0.2, 0) is 4.79 Å². The molecular weight excluding hydrogens is 281 g/mol. The molecule has 3 N–H and O–H groups in total. The van der Waals surface area contributed by atoms with Crippen LogP contribution in [0.25, 0.3) is 0 Å². The highest BCUT2D eigenvalue weighted by Gasteiger charge is 2.38. The second-order valence-electron chi connectivity index (χ2n) is 3.90. The van der Waals surface area contributed by atoms with Gasteiger partial charge in [-0.2, -0.15) is 13.2 Å². The average Bonchev–Trinajstić information content (AvgIpc) is 2.80. The molecule has 108 valence electrons. The molecule has 0 spiro atoms. The number of carbonyl (C=O) groups excluding carboxylic acids is 2. The minimum atomic E-state index is -5.04. The van der Waals surface area contributed by atoms with Gasteiger partial charge in [0.1, 0.15) is 0 Å². The second kappa shape index (κ2) is 4.91. The van der Waals surface area contributed by atoms with Crippen molar-refractivity contribution < 1.29 is 32.2 Å². The van der Waals surface area contributed by atoms with E-state index in [4.69, 9.17) is 15.2 Å². The van der Waals surface area contributed by atoms with E-state index in [1.54, 1.807) is 0 Å². The Morgan fingerprint density at radius 1 is 1.25 bits per heavy atom. The quantitative estimate of drug-likeness (QED) is 0.636. The summed E-state index contributed by atoms with van der Waals surface area (Å²) in [7, 11) is 0. The van der Waals surface area contributed by atoms with Crippen LogP contribution in [-0.4, -0.2) is 31.2 Å². The van der Waals surface area contributed by atoms with Crippen molar-refractivity contribution in [3.8, 4) is 11.5 Å². The molecule has 1 heterocycles. The fourth-order valence-electron chi connectivity index (χ4n) is 1.56. The van der Waals surface area contributed by atoms with Crippen LogP contribution in [0.15, 0.2) is 12.1 Å². The summed E-state index contributed by atoms with van der Waals surface area (Å²) in [4.78, 5) is 22.3. The van der Waals surface area contributed by atoms with Crippen molar-refractivity contribution in [1.82, 2.24) is 5.32 Å². The number of alkyl halides is 3. The van der Waals surface area contributed by atoms with Crippen LogP contribution in [0, 0.1) is 0 Å². The molecule has 0 radical (unpaired) electrons. The van der Waals surface area contributed by atoms with Gasteiger partial charge in [-0.25, -0.2) is 0 Å². The average molecular weight is 290 g/mol. The van der Waals surface area contributed by atoms with E-state index in [-0.39, 0.29) is 23.8 Å². The highest BCUT2D eigenvalue weighted by molar-refractivity contribution is 6.04. The molecule has 9 heteroatoms. The van der Waals surface area contributed by atoms with Crippen LogP contribution in [0.4, 0.5) is 18.9 Å². The van der Waals surface area contributed by atoms with Gasteiger partial charge in [-0.15, -0.1) is 0 Å². The van der Waals surface area contributed by atoms with E-state index < -0.39 is 24.4 Å². The predicted octanol–water partition coefficient (Wildman–Crippen LogP) is 0.859. The van der Waals surface area contributed by atoms with Gasteiger partial charge in [-0.3, -0.25) is 9.59 Å². The molecular formula is C11H9F3N2O4. The number of nitrogen functional groups attached to an aromatic ring is 1. The van der Waals surface area contributed by atoms with E-state index in [1.807, 2.05) is 0 Å². The van der Waals surface area contributed by atoms with E-state index >= 15 is 0 Å². The molecule has 1 aliphatic heterocycles. The third-order valence-corrected chi connectivity index (χ3v) is 2.51. The van der Waals surface area contributed by atoms with Crippen molar-refractivity contribution in [2.24, 2.45) is 0 Å². The number of nitrogens with two attached hydrogens (primary N) is 1. The fourth-order valence-corrected chi connectivity index (χ4v) is 1.56. The lowest BCUT2D eigenvalue weighted by atomic mass is 10.1. The number of amides is 1. The maximum atomic E-state index is 12.0. The number of nitrogens with one attached hydrogen (secondary N) is 1. The second-order valence-corrected chi connectivity index (χ2v) is 3.90. The monoisotopic (exact) mass is 290 g/mol. The first-order chi connectivity index (χ1) is 9.29. The summed E-state index contributed by atoms with van der Waals surface area (Å²) in [6.07, 6.45) is -5.04. The van der Waals surface area contributed by atoms with Crippen molar-refractivity contribution in [2.75, 3.05) is 19.1 Å². The number of benzene rings is 1. The highest BCUT2D eigenvalue weighted by Crippen LogP contribution is 2.36. The van der Waals surface area contributed by atoms with Gasteiger partial charge >= 0.3 is 12.1 Å². The summed E-state index contributed by atoms with van der Waals surface area (Å²) in [5, 5.41) is 1.47. The first-order valence-corrected chi connectivity index (χ1v) is 5.36. The number of hydrogen-bond donors (Lipinski definition) is 2. The summed E-state index contributed by atoms with van der Waals surface area (Å²) in [6, 6.07) is 2.60. The minimum Gasteiger partial charge on any atom is -0.454 e. The highest BCUT2D eigenvalue weighted by atomic mass is 19.4. The van der Waals surface area contributed by atoms with Gasteiger partial charge in [-0.05, 0) is 6.07 Å². The first-order valence-electron chi connectivity index (χ1n) is 5.36. The Labute approximate surface area is 110 Å². The Balaban J connectivity index is 2.09. The number of carbonyl (C=O) groups is 2. The van der Waals surface area contributed by atoms with E-state index in [1.165, 1.54) is 17.4 Å². The molecule has 0 bridgehead atoms. The molecule has 0 aromatic heterocycles. The maximum Gasteiger partial charge on any atom is 0.471 e. The van der Waals surface area contributed by atoms with Crippen molar-refractivity contribution in [1.29, 1.82) is 0 Å². The third kappa shape index (κ3) is 2.76. The summed E-state index contributed by atoms with van der Waals surface area (Å²) < 4.78 is 46.0. The lowest BCUT2D eigenvalue weighted by molar-refractivity contribution is -0.173. The third-order valence-electron chi connectivity index (χ3n) is 2.51. The van der Waals surface area contributed by atoms with Crippen LogP contribution in [0.1, 0.15) is 10.4 Å². The lowest BCUT2D eigenvalue weighted by Gasteiger charge is -2.09. The number of Topliss-reactive ketones (excluding diaryl/α,β-unsaturated/α-hetero) is 1. The van der Waals surface area contributed by atoms with Crippen LogP contribution in [0.5, 0.6) is 11.5 Å². The number of anilines is 1. The standard InChI is InChI=1S/C11H9F3N2O4/c12-11(13,14)10(18)16-3-7(17)5-1-8-9(2-6(5)15)20-4-19-8/h1-2H,3-4,15H2,(H,16,18). The smallest absolute Gasteiger partial charge is 0.454 e. The zero-order valence-corrected chi connectivity index (χ0v) is 9.91. The van der Waals surface area contributed by atoms with E-state index in [9.17, 15) is 22.8 Å². The van der Waals surface area contributed by atoms with E-state index in [0.717, 1.165) is 0 Å². The summed E-state index contributed by atoms with van der Waals surface area (Å²) >= 11 is 0. The van der Waals surface area contributed by atoms with Crippen LogP contribution >= 0.6 is 0 Å². The van der Waals surface area contributed by atoms with Crippen LogP contribution in [0.2, 0.25) is 0 Å². The number of halogens is 3. The number of fused-ring (bicyclic) bond motifs is 1. The Kier molecular flexibility index (Phi) is 3.43. The molecule has 0 saturated carbocycles. The Bertz CT molecular complexity index is 572. The topological polar surface area (TPSA) is 90.7 Å². The van der Waals surface area contributed by atoms with Gasteiger partial charge in [-0.1, -0.05) is 0 Å². The molecule has 0 unspecified atom stereocenters. The summed E-state index contributed by atoms with van der Waals surface area (Å²) in [5.74, 6) is -2.34. The Morgan fingerprint density at radius 2 is 1.85 bits per heavy atom. The molecule has 1 aromatic carbocycles. The zero-order valence-electron chi connectivity index (χ0n) is 9.91. The molecule has 1 amide bonds. The van der Waals surface area contributed by atoms with Crippen molar-refractivity contribution in [3.05, 3.63) is 17.7 Å². The molecule has 1 aromatic rings. The fraction of sp³-hybridized carbons (Fsp3) is 0.273. The number of hydrogen-bond acceptors (Lipinski definition) is 5. The van der Waals surface area contributed by atoms with Gasteiger partial charge in [0.2, 0.25) is 6.79 Å². The lowest BCUT2D eigenvalue weighted by Crippen LogP contribution is -2.39. The van der Waals surface area contributed by atoms with Crippen LogP contribution in [0.3, 0.4) is 0 Å². The van der Waals surface area contributed by atoms with E-state index in [2.05, 4.69) is 0 Å². The molecule has 0 aliphatic carbocycles. The first kappa shape index (κ1) is 14.0. The van der Waals surface area contributed by atoms with Gasteiger partial charge in [0.05, 0.1) is 6.54 Å². The van der Waals surface area contributed by atoms with E-state index in [0.29, 0.717) is 5.75 Å². The number of ether oxygens (including phenoxy) is 2. The maximum absolute atomic E-state index is 12.0. The molecule has 6 nitrogen and oxygen atoms in total. The summed E-state index contributed by atoms with van der Waals surface area (Å²) in [6.45, 7) is -0.848. The van der Waals surface area contributed by atoms with Gasteiger partial charge < -0.3 is 20.5 Å². The zero-order chi connectivity index (χ0) is 14.9. The Morgan fingerprint density at radius 3 is 2.45 bits per heavy atom. The van der Waals surface area contributed by atoms with Gasteiger partial charge in [0, 0.05) is 17.3 Å². The van der Waals surface area contributed by atoms with Crippen LogP contribution < -0.4 is 20.5 Å². The molecule has 20 heavy (non-hydrogen) atoms. The van der Waals surface area contributed by atoms with Crippen molar-refractivity contribution in [2.45, 2.75) is 6.18 Å². The number of ketones is 1. The minimum absolute atomic E-state index is 0.0282. The van der Waals surface area contributed by atoms with Gasteiger partial charge in [0.15, 0.2) is 17.3 Å². The van der Waals surface area contributed by atoms with Crippen molar-refractivity contribution in [3.63, 3.8) is 0 Å². The molecule has 2 rings (SSSR count).